The van der Waals surface area contributed by atoms with Crippen LogP contribution in [-0.2, 0) is 0 Å². The molecule has 0 aliphatic carbocycles. The van der Waals surface area contributed by atoms with Gasteiger partial charge in [-0.15, -0.1) is 0 Å². The Morgan fingerprint density at radius 2 is 2.08 bits per heavy atom. The summed E-state index contributed by atoms with van der Waals surface area (Å²) >= 11 is 5.66. The zero-order valence-corrected chi connectivity index (χ0v) is 8.60. The maximum atomic E-state index is 5.66. The van der Waals surface area contributed by atoms with Crippen molar-refractivity contribution < 1.29 is 0 Å². The fraction of sp³-hybridized carbons (Fsp3) is 0.625. The molecule has 0 aliphatic heterocycles. The normalized spacial score (nSPS) is 10.1. The van der Waals surface area contributed by atoms with Gasteiger partial charge in [0.1, 0.15) is 5.82 Å². The van der Waals surface area contributed by atoms with Gasteiger partial charge < -0.3 is 5.32 Å². The fourth-order valence-corrected chi connectivity index (χ4v) is 1.11. The molecule has 1 rings (SSSR count). The molecule has 0 bridgehead atoms. The molecule has 0 atom stereocenters. The number of nitrogens with zero attached hydrogens (tertiary/aromatic N) is 3. The van der Waals surface area contributed by atoms with Gasteiger partial charge in [-0.1, -0.05) is 13.3 Å². The van der Waals surface area contributed by atoms with Gasteiger partial charge in [0, 0.05) is 6.54 Å². The van der Waals surface area contributed by atoms with Crippen LogP contribution in [0.5, 0.6) is 0 Å². The van der Waals surface area contributed by atoms with E-state index in [1.54, 1.807) is 6.92 Å². The van der Waals surface area contributed by atoms with Crippen LogP contribution in [0.2, 0.25) is 5.28 Å². The maximum Gasteiger partial charge on any atom is 0.227 e. The van der Waals surface area contributed by atoms with Gasteiger partial charge in [-0.2, -0.15) is 9.97 Å². The molecule has 0 saturated carbocycles. The Morgan fingerprint density at radius 3 is 2.69 bits per heavy atom. The molecule has 1 heterocycles. The van der Waals surface area contributed by atoms with Gasteiger partial charge in [0.25, 0.3) is 0 Å². The van der Waals surface area contributed by atoms with Crippen LogP contribution in [0.15, 0.2) is 0 Å². The molecule has 5 heteroatoms. The van der Waals surface area contributed by atoms with Gasteiger partial charge >= 0.3 is 0 Å². The largest absolute Gasteiger partial charge is 0.354 e. The number of aromatic nitrogens is 3. The van der Waals surface area contributed by atoms with E-state index >= 15 is 0 Å². The standard InChI is InChI=1S/C8H13ClN4/c1-3-4-5-10-8-12-6(2)11-7(9)13-8/h3-5H2,1-2H3,(H,10,11,12,13). The molecule has 4 nitrogen and oxygen atoms in total. The van der Waals surface area contributed by atoms with Crippen LogP contribution >= 0.6 is 11.6 Å². The first kappa shape index (κ1) is 10.2. The summed E-state index contributed by atoms with van der Waals surface area (Å²) in [6, 6.07) is 0. The van der Waals surface area contributed by atoms with Gasteiger partial charge in [0.05, 0.1) is 0 Å². The van der Waals surface area contributed by atoms with Crippen molar-refractivity contribution in [3.63, 3.8) is 0 Å². The molecule has 1 N–H and O–H groups in total. The highest BCUT2D eigenvalue weighted by molar-refractivity contribution is 6.28. The predicted molar refractivity (Wildman–Crippen MR) is 53.0 cm³/mol. The summed E-state index contributed by atoms with van der Waals surface area (Å²) < 4.78 is 0. The lowest BCUT2D eigenvalue weighted by molar-refractivity contribution is 0.821. The predicted octanol–water partition coefficient (Wildman–Crippen LogP) is 2.05. The number of unbranched alkanes of at least 4 members (excludes halogenated alkanes) is 1. The minimum Gasteiger partial charge on any atom is -0.354 e. The van der Waals surface area contributed by atoms with Crippen LogP contribution in [0.3, 0.4) is 0 Å². The summed E-state index contributed by atoms with van der Waals surface area (Å²) in [5, 5.41) is 3.32. The van der Waals surface area contributed by atoms with Crippen molar-refractivity contribution in [1.82, 2.24) is 15.0 Å². The zero-order chi connectivity index (χ0) is 9.68. The zero-order valence-electron chi connectivity index (χ0n) is 7.84. The quantitative estimate of drug-likeness (QED) is 0.756. The molecule has 0 unspecified atom stereocenters. The minimum absolute atomic E-state index is 0.242. The molecule has 0 aromatic carbocycles. The number of halogens is 1. The third-order valence-electron chi connectivity index (χ3n) is 1.53. The first-order valence-corrected chi connectivity index (χ1v) is 4.72. The molecular weight excluding hydrogens is 188 g/mol. The highest BCUT2D eigenvalue weighted by Crippen LogP contribution is 2.05. The number of hydrogen-bond donors (Lipinski definition) is 1. The lowest BCUT2D eigenvalue weighted by Crippen LogP contribution is -2.06. The Bertz CT molecular complexity index is 257. The summed E-state index contributed by atoms with van der Waals surface area (Å²) in [7, 11) is 0. The Kier molecular flexibility index (Phi) is 3.89. The Labute approximate surface area is 82.8 Å². The van der Waals surface area contributed by atoms with E-state index in [2.05, 4.69) is 27.2 Å². The highest BCUT2D eigenvalue weighted by Gasteiger charge is 1.99. The van der Waals surface area contributed by atoms with E-state index in [0.29, 0.717) is 11.8 Å². The smallest absolute Gasteiger partial charge is 0.227 e. The van der Waals surface area contributed by atoms with Gasteiger partial charge in [0.2, 0.25) is 11.2 Å². The Hall–Kier alpha value is -0.900. The highest BCUT2D eigenvalue weighted by atomic mass is 35.5. The molecule has 1 aromatic rings. The lowest BCUT2D eigenvalue weighted by atomic mass is 10.3. The van der Waals surface area contributed by atoms with Crippen molar-refractivity contribution in [2.45, 2.75) is 26.7 Å². The SMILES string of the molecule is CCCCNc1nc(C)nc(Cl)n1. The average molecular weight is 201 g/mol. The topological polar surface area (TPSA) is 50.7 Å². The molecule has 0 saturated heterocycles. The Morgan fingerprint density at radius 1 is 1.31 bits per heavy atom. The van der Waals surface area contributed by atoms with E-state index in [-0.39, 0.29) is 5.28 Å². The fourth-order valence-electron chi connectivity index (χ4n) is 0.905. The van der Waals surface area contributed by atoms with Gasteiger partial charge in [-0.25, -0.2) is 4.98 Å². The maximum absolute atomic E-state index is 5.66. The van der Waals surface area contributed by atoms with Crippen molar-refractivity contribution in [3.05, 3.63) is 11.1 Å². The molecule has 0 aliphatic rings. The second kappa shape index (κ2) is 4.97. The summed E-state index contributed by atoms with van der Waals surface area (Å²) in [4.78, 5) is 11.9. The summed E-state index contributed by atoms with van der Waals surface area (Å²) in [5.41, 5.74) is 0. The summed E-state index contributed by atoms with van der Waals surface area (Å²) in [5.74, 6) is 1.20. The van der Waals surface area contributed by atoms with Crippen LogP contribution in [-0.4, -0.2) is 21.5 Å². The van der Waals surface area contributed by atoms with E-state index in [9.17, 15) is 0 Å². The van der Waals surface area contributed by atoms with Crippen molar-refractivity contribution in [1.29, 1.82) is 0 Å². The monoisotopic (exact) mass is 200 g/mol. The molecule has 0 fully saturated rings. The number of hydrogen-bond acceptors (Lipinski definition) is 4. The van der Waals surface area contributed by atoms with Gasteiger partial charge in [0.15, 0.2) is 0 Å². The van der Waals surface area contributed by atoms with Gasteiger partial charge in [-0.05, 0) is 24.9 Å². The molecule has 0 spiro atoms. The molecule has 0 amide bonds. The van der Waals surface area contributed by atoms with E-state index < -0.39 is 0 Å². The molecule has 13 heavy (non-hydrogen) atoms. The van der Waals surface area contributed by atoms with E-state index in [4.69, 9.17) is 11.6 Å². The van der Waals surface area contributed by atoms with E-state index in [0.717, 1.165) is 19.4 Å². The Balaban J connectivity index is 2.56. The van der Waals surface area contributed by atoms with Crippen molar-refractivity contribution in [2.75, 3.05) is 11.9 Å². The second-order valence-electron chi connectivity index (χ2n) is 2.76. The van der Waals surface area contributed by atoms with Crippen LogP contribution in [0, 0.1) is 6.92 Å². The third-order valence-corrected chi connectivity index (χ3v) is 1.70. The number of nitrogens with one attached hydrogen (secondary N) is 1. The van der Waals surface area contributed by atoms with Crippen molar-refractivity contribution in [3.8, 4) is 0 Å². The second-order valence-corrected chi connectivity index (χ2v) is 3.09. The third kappa shape index (κ3) is 3.55. The molecule has 0 radical (unpaired) electrons. The van der Waals surface area contributed by atoms with E-state index in [1.165, 1.54) is 0 Å². The van der Waals surface area contributed by atoms with Crippen LogP contribution in [0.4, 0.5) is 5.95 Å². The first-order valence-electron chi connectivity index (χ1n) is 4.34. The number of aryl methyl sites for hydroxylation is 1. The van der Waals surface area contributed by atoms with Crippen molar-refractivity contribution >= 4 is 17.5 Å². The molecule has 72 valence electrons. The summed E-state index contributed by atoms with van der Waals surface area (Å²) in [6.45, 7) is 4.79. The van der Waals surface area contributed by atoms with Gasteiger partial charge in [-0.3, -0.25) is 0 Å². The van der Waals surface area contributed by atoms with Crippen LogP contribution < -0.4 is 5.32 Å². The molecule has 1 aromatic heterocycles. The van der Waals surface area contributed by atoms with Crippen LogP contribution in [0.1, 0.15) is 25.6 Å². The first-order chi connectivity index (χ1) is 6.22. The average Bonchev–Trinajstić information content (AvgIpc) is 2.03. The minimum atomic E-state index is 0.242. The van der Waals surface area contributed by atoms with Crippen molar-refractivity contribution in [2.24, 2.45) is 0 Å². The summed E-state index contributed by atoms with van der Waals surface area (Å²) in [6.07, 6.45) is 2.24. The number of anilines is 1. The lowest BCUT2D eigenvalue weighted by Gasteiger charge is -2.03. The number of rotatable bonds is 4. The molecular formula is C8H13ClN4. The van der Waals surface area contributed by atoms with E-state index in [1.807, 2.05) is 0 Å². The van der Waals surface area contributed by atoms with Crippen LogP contribution in [0.25, 0.3) is 0 Å².